The molecule has 5 nitrogen and oxygen atoms in total. The van der Waals surface area contributed by atoms with Crippen LogP contribution < -0.4 is 5.32 Å². The molecule has 2 aliphatic rings. The number of anilines is 1. The standard InChI is InChI=1S/C19H26N2O3/c1-2-24-19(23)16-7-4-10-21(12-16)13-18(22)20-17-9-8-14-5-3-6-15(14)11-17/h8-9,11,16H,2-7,10,12-13H2,1H3,(H,20,22)/t16-/m1/s1. The van der Waals surface area contributed by atoms with Crippen LogP contribution in [0.2, 0.25) is 0 Å². The van der Waals surface area contributed by atoms with Crippen molar-refractivity contribution in [2.24, 2.45) is 5.92 Å². The molecule has 1 atom stereocenters. The summed E-state index contributed by atoms with van der Waals surface area (Å²) in [5.41, 5.74) is 3.63. The smallest absolute Gasteiger partial charge is 0.310 e. The molecule has 1 fully saturated rings. The minimum Gasteiger partial charge on any atom is -0.466 e. The van der Waals surface area contributed by atoms with Crippen LogP contribution in [0, 0.1) is 5.92 Å². The molecule has 5 heteroatoms. The third-order valence-corrected chi connectivity index (χ3v) is 4.87. The van der Waals surface area contributed by atoms with Gasteiger partial charge in [0.2, 0.25) is 5.91 Å². The van der Waals surface area contributed by atoms with Gasteiger partial charge in [-0.25, -0.2) is 0 Å². The molecule has 0 saturated carbocycles. The summed E-state index contributed by atoms with van der Waals surface area (Å²) in [5, 5.41) is 2.99. The summed E-state index contributed by atoms with van der Waals surface area (Å²) >= 11 is 0. The number of hydrogen-bond acceptors (Lipinski definition) is 4. The summed E-state index contributed by atoms with van der Waals surface area (Å²) in [6, 6.07) is 6.20. The number of esters is 1. The second-order valence-electron chi connectivity index (χ2n) is 6.71. The zero-order chi connectivity index (χ0) is 16.9. The van der Waals surface area contributed by atoms with E-state index in [-0.39, 0.29) is 17.8 Å². The molecule has 24 heavy (non-hydrogen) atoms. The van der Waals surface area contributed by atoms with Crippen molar-refractivity contribution in [3.05, 3.63) is 29.3 Å². The number of piperidine rings is 1. The lowest BCUT2D eigenvalue weighted by Crippen LogP contribution is -2.43. The van der Waals surface area contributed by atoms with Crippen molar-refractivity contribution < 1.29 is 14.3 Å². The first kappa shape index (κ1) is 17.0. The number of aryl methyl sites for hydroxylation is 2. The highest BCUT2D eigenvalue weighted by Gasteiger charge is 2.27. The fraction of sp³-hybridized carbons (Fsp3) is 0.579. The van der Waals surface area contributed by atoms with Gasteiger partial charge < -0.3 is 10.1 Å². The van der Waals surface area contributed by atoms with Crippen LogP contribution in [0.3, 0.4) is 0 Å². The van der Waals surface area contributed by atoms with Crippen molar-refractivity contribution >= 4 is 17.6 Å². The molecule has 0 bridgehead atoms. The summed E-state index contributed by atoms with van der Waals surface area (Å²) in [4.78, 5) is 26.2. The maximum absolute atomic E-state index is 12.3. The van der Waals surface area contributed by atoms with Gasteiger partial charge in [0.1, 0.15) is 0 Å². The summed E-state index contributed by atoms with van der Waals surface area (Å²) < 4.78 is 5.11. The minimum absolute atomic E-state index is 0.0162. The zero-order valence-electron chi connectivity index (χ0n) is 14.3. The van der Waals surface area contributed by atoms with Crippen LogP contribution >= 0.6 is 0 Å². The van der Waals surface area contributed by atoms with Crippen LogP contribution in [0.4, 0.5) is 5.69 Å². The Balaban J connectivity index is 1.52. The van der Waals surface area contributed by atoms with Crippen LogP contribution in [0.1, 0.15) is 37.3 Å². The van der Waals surface area contributed by atoms with Gasteiger partial charge in [-0.3, -0.25) is 14.5 Å². The van der Waals surface area contributed by atoms with E-state index < -0.39 is 0 Å². The Morgan fingerprint density at radius 2 is 2.08 bits per heavy atom. The number of carbonyl (C=O) groups excluding carboxylic acids is 2. The molecule has 1 N–H and O–H groups in total. The SMILES string of the molecule is CCOC(=O)[C@@H]1CCCN(CC(=O)Nc2ccc3c(c2)CCC3)C1. The highest BCUT2D eigenvalue weighted by atomic mass is 16.5. The monoisotopic (exact) mass is 330 g/mol. The van der Waals surface area contributed by atoms with Gasteiger partial charge in [0, 0.05) is 12.2 Å². The summed E-state index contributed by atoms with van der Waals surface area (Å²) in [7, 11) is 0. The second-order valence-corrected chi connectivity index (χ2v) is 6.71. The summed E-state index contributed by atoms with van der Waals surface area (Å²) in [6.45, 7) is 4.02. The molecular weight excluding hydrogens is 304 g/mol. The van der Waals surface area contributed by atoms with E-state index >= 15 is 0 Å². The van der Waals surface area contributed by atoms with Crippen molar-refractivity contribution in [1.29, 1.82) is 0 Å². The molecule has 130 valence electrons. The highest BCUT2D eigenvalue weighted by molar-refractivity contribution is 5.92. The molecular formula is C19H26N2O3. The Labute approximate surface area is 143 Å². The quantitative estimate of drug-likeness (QED) is 0.842. The van der Waals surface area contributed by atoms with Gasteiger partial charge in [0.05, 0.1) is 19.1 Å². The van der Waals surface area contributed by atoms with Crippen LogP contribution in [0.15, 0.2) is 18.2 Å². The fourth-order valence-electron chi connectivity index (χ4n) is 3.70. The van der Waals surface area contributed by atoms with E-state index in [1.54, 1.807) is 0 Å². The Bertz CT molecular complexity index is 615. The van der Waals surface area contributed by atoms with E-state index in [4.69, 9.17) is 4.74 Å². The molecule has 0 aromatic heterocycles. The Hall–Kier alpha value is -1.88. The first-order valence-corrected chi connectivity index (χ1v) is 8.96. The van der Waals surface area contributed by atoms with Gasteiger partial charge >= 0.3 is 5.97 Å². The van der Waals surface area contributed by atoms with Crippen molar-refractivity contribution in [3.8, 4) is 0 Å². The number of nitrogens with one attached hydrogen (secondary N) is 1. The van der Waals surface area contributed by atoms with Crippen molar-refractivity contribution in [2.45, 2.75) is 39.0 Å². The lowest BCUT2D eigenvalue weighted by molar-refractivity contribution is -0.150. The Morgan fingerprint density at radius 3 is 2.92 bits per heavy atom. The molecule has 1 saturated heterocycles. The van der Waals surface area contributed by atoms with Gasteiger partial charge in [0.25, 0.3) is 0 Å². The van der Waals surface area contributed by atoms with Crippen molar-refractivity contribution in [2.75, 3.05) is 31.6 Å². The number of nitrogens with zero attached hydrogens (tertiary/aromatic N) is 1. The largest absolute Gasteiger partial charge is 0.466 e. The fourth-order valence-corrected chi connectivity index (χ4v) is 3.70. The minimum atomic E-state index is -0.138. The number of ether oxygens (including phenoxy) is 1. The average molecular weight is 330 g/mol. The Morgan fingerprint density at radius 1 is 1.25 bits per heavy atom. The van der Waals surface area contributed by atoms with Gasteiger partial charge in [-0.1, -0.05) is 6.07 Å². The number of benzene rings is 1. The van der Waals surface area contributed by atoms with Crippen LogP contribution in [0.25, 0.3) is 0 Å². The average Bonchev–Trinajstić information content (AvgIpc) is 3.03. The summed E-state index contributed by atoms with van der Waals surface area (Å²) in [6.07, 6.45) is 5.23. The molecule has 1 aliphatic carbocycles. The lowest BCUT2D eigenvalue weighted by atomic mass is 9.98. The number of rotatable bonds is 5. The molecule has 0 spiro atoms. The van der Waals surface area contributed by atoms with E-state index in [9.17, 15) is 9.59 Å². The van der Waals surface area contributed by atoms with Crippen LogP contribution in [-0.4, -0.2) is 43.0 Å². The third kappa shape index (κ3) is 4.15. The van der Waals surface area contributed by atoms with E-state index in [0.717, 1.165) is 37.9 Å². The van der Waals surface area contributed by atoms with Crippen molar-refractivity contribution in [3.63, 3.8) is 0 Å². The molecule has 1 aliphatic heterocycles. The number of amides is 1. The second kappa shape index (κ2) is 7.79. The Kier molecular flexibility index (Phi) is 5.51. The first-order chi connectivity index (χ1) is 11.7. The number of likely N-dealkylation sites (tertiary alicyclic amines) is 1. The van der Waals surface area contributed by atoms with E-state index in [1.807, 2.05) is 17.9 Å². The van der Waals surface area contributed by atoms with Gasteiger partial charge in [-0.15, -0.1) is 0 Å². The highest BCUT2D eigenvalue weighted by Crippen LogP contribution is 2.25. The molecule has 1 amide bonds. The molecule has 0 unspecified atom stereocenters. The predicted octanol–water partition coefficient (Wildman–Crippen LogP) is 2.39. The predicted molar refractivity (Wildman–Crippen MR) is 92.9 cm³/mol. The zero-order valence-corrected chi connectivity index (χ0v) is 14.3. The number of carbonyl (C=O) groups is 2. The van der Waals surface area contributed by atoms with Gasteiger partial charge in [-0.2, -0.15) is 0 Å². The van der Waals surface area contributed by atoms with E-state index in [1.165, 1.54) is 17.5 Å². The van der Waals surface area contributed by atoms with E-state index in [2.05, 4.69) is 17.4 Å². The maximum Gasteiger partial charge on any atom is 0.310 e. The normalized spacial score (nSPS) is 20.5. The van der Waals surface area contributed by atoms with Gasteiger partial charge in [-0.05, 0) is 68.8 Å². The molecule has 3 rings (SSSR count). The number of hydrogen-bond donors (Lipinski definition) is 1. The maximum atomic E-state index is 12.3. The topological polar surface area (TPSA) is 58.6 Å². The van der Waals surface area contributed by atoms with E-state index in [0.29, 0.717) is 19.7 Å². The molecule has 1 aromatic carbocycles. The molecule has 1 heterocycles. The molecule has 0 radical (unpaired) electrons. The van der Waals surface area contributed by atoms with Crippen LogP contribution in [-0.2, 0) is 27.2 Å². The van der Waals surface area contributed by atoms with Crippen LogP contribution in [0.5, 0.6) is 0 Å². The summed E-state index contributed by atoms with van der Waals surface area (Å²) in [5.74, 6) is -0.259. The lowest BCUT2D eigenvalue weighted by Gasteiger charge is -2.30. The van der Waals surface area contributed by atoms with Crippen molar-refractivity contribution in [1.82, 2.24) is 4.90 Å². The number of fused-ring (bicyclic) bond motifs is 1. The first-order valence-electron chi connectivity index (χ1n) is 8.96. The van der Waals surface area contributed by atoms with Gasteiger partial charge in [0.15, 0.2) is 0 Å². The molecule has 1 aromatic rings. The third-order valence-electron chi connectivity index (χ3n) is 4.87.